The van der Waals surface area contributed by atoms with Gasteiger partial charge < -0.3 is 9.64 Å². The molecule has 2 saturated heterocycles. The van der Waals surface area contributed by atoms with E-state index in [9.17, 15) is 0 Å². The lowest BCUT2D eigenvalue weighted by Crippen LogP contribution is -2.41. The Labute approximate surface area is 86.8 Å². The zero-order chi connectivity index (χ0) is 9.64. The predicted molar refractivity (Wildman–Crippen MR) is 56.5 cm³/mol. The number of hydrogen-bond donors (Lipinski definition) is 0. The summed E-state index contributed by atoms with van der Waals surface area (Å²) in [5, 5.41) is 4.36. The van der Waals surface area contributed by atoms with Crippen molar-refractivity contribution in [2.45, 2.75) is 19.3 Å². The van der Waals surface area contributed by atoms with Gasteiger partial charge in [0.15, 0.2) is 0 Å². The van der Waals surface area contributed by atoms with E-state index < -0.39 is 0 Å². The van der Waals surface area contributed by atoms with Crippen LogP contribution in [0.15, 0.2) is 0 Å². The van der Waals surface area contributed by atoms with E-state index >= 15 is 0 Å². The molecule has 81 valence electrons. The first kappa shape index (κ1) is 10.4. The van der Waals surface area contributed by atoms with E-state index in [2.05, 4.69) is 10.2 Å². The molecule has 0 bridgehead atoms. The molecule has 0 N–H and O–H groups in total. The second-order valence-electron chi connectivity index (χ2n) is 4.36. The van der Waals surface area contributed by atoms with Gasteiger partial charge in [0, 0.05) is 39.4 Å². The molecule has 0 saturated carbocycles. The minimum absolute atomic E-state index is 0.919. The molecule has 0 aromatic heterocycles. The highest BCUT2D eigenvalue weighted by molar-refractivity contribution is 4.70. The van der Waals surface area contributed by atoms with Crippen molar-refractivity contribution in [1.82, 2.24) is 10.2 Å². The summed E-state index contributed by atoms with van der Waals surface area (Å²) in [6, 6.07) is 0. The number of hydrogen-bond acceptors (Lipinski definition) is 2. The molecule has 1 radical (unpaired) electrons. The van der Waals surface area contributed by atoms with Crippen LogP contribution in [0.25, 0.3) is 0 Å². The first-order valence-corrected chi connectivity index (χ1v) is 5.88. The van der Waals surface area contributed by atoms with Crippen LogP contribution in [0.4, 0.5) is 0 Å². The number of piperazine rings is 1. The van der Waals surface area contributed by atoms with Gasteiger partial charge in [0.1, 0.15) is 0 Å². The Balaban J connectivity index is 1.60. The van der Waals surface area contributed by atoms with Gasteiger partial charge in [0.25, 0.3) is 0 Å². The summed E-state index contributed by atoms with van der Waals surface area (Å²) in [6.07, 6.45) is 3.92. The van der Waals surface area contributed by atoms with Crippen molar-refractivity contribution in [2.24, 2.45) is 5.92 Å². The Bertz CT molecular complexity index is 133. The second-order valence-corrected chi connectivity index (χ2v) is 4.36. The maximum absolute atomic E-state index is 5.36. The molecule has 0 unspecified atom stereocenters. The lowest BCUT2D eigenvalue weighted by atomic mass is 9.96. The van der Waals surface area contributed by atoms with Crippen LogP contribution in [0.1, 0.15) is 19.3 Å². The smallest absolute Gasteiger partial charge is 0.0468 e. The Kier molecular flexibility index (Phi) is 4.22. The third kappa shape index (κ3) is 3.23. The SMILES string of the molecule is C1CN(CCC2CCOCC2)CC[N]1. The Morgan fingerprint density at radius 3 is 2.57 bits per heavy atom. The fraction of sp³-hybridized carbons (Fsp3) is 1.00. The zero-order valence-electron chi connectivity index (χ0n) is 8.95. The number of nitrogens with zero attached hydrogens (tertiary/aromatic N) is 2. The van der Waals surface area contributed by atoms with Crippen LogP contribution in [-0.2, 0) is 4.74 Å². The summed E-state index contributed by atoms with van der Waals surface area (Å²) in [7, 11) is 0. The highest BCUT2D eigenvalue weighted by Gasteiger charge is 2.16. The molecule has 0 spiro atoms. The van der Waals surface area contributed by atoms with E-state index in [1.54, 1.807) is 0 Å². The molecule has 3 nitrogen and oxygen atoms in total. The minimum Gasteiger partial charge on any atom is -0.381 e. The van der Waals surface area contributed by atoms with Crippen LogP contribution in [0.5, 0.6) is 0 Å². The van der Waals surface area contributed by atoms with Crippen molar-refractivity contribution < 1.29 is 4.74 Å². The van der Waals surface area contributed by atoms with Crippen LogP contribution in [0.3, 0.4) is 0 Å². The zero-order valence-corrected chi connectivity index (χ0v) is 8.95. The fourth-order valence-corrected chi connectivity index (χ4v) is 2.27. The van der Waals surface area contributed by atoms with Crippen molar-refractivity contribution in [3.63, 3.8) is 0 Å². The van der Waals surface area contributed by atoms with Crippen LogP contribution in [0.2, 0.25) is 0 Å². The molecule has 0 aliphatic carbocycles. The van der Waals surface area contributed by atoms with Gasteiger partial charge in [-0.1, -0.05) is 0 Å². The quantitative estimate of drug-likeness (QED) is 0.666. The molecule has 0 atom stereocenters. The molecule has 2 aliphatic rings. The van der Waals surface area contributed by atoms with Crippen molar-refractivity contribution in [1.29, 1.82) is 0 Å². The minimum atomic E-state index is 0.919. The van der Waals surface area contributed by atoms with Crippen LogP contribution < -0.4 is 5.32 Å². The van der Waals surface area contributed by atoms with Gasteiger partial charge in [0.2, 0.25) is 0 Å². The molecule has 2 aliphatic heterocycles. The molecule has 0 amide bonds. The van der Waals surface area contributed by atoms with Crippen molar-refractivity contribution in [2.75, 3.05) is 45.9 Å². The average Bonchev–Trinajstić information content (AvgIpc) is 2.29. The molecule has 2 rings (SSSR count). The maximum Gasteiger partial charge on any atom is 0.0468 e. The highest BCUT2D eigenvalue weighted by atomic mass is 16.5. The summed E-state index contributed by atoms with van der Waals surface area (Å²) in [4.78, 5) is 2.56. The molecule has 3 heteroatoms. The van der Waals surface area contributed by atoms with E-state index in [-0.39, 0.29) is 0 Å². The fourth-order valence-electron chi connectivity index (χ4n) is 2.27. The van der Waals surface area contributed by atoms with E-state index in [4.69, 9.17) is 4.74 Å². The van der Waals surface area contributed by atoms with Gasteiger partial charge in [-0.25, -0.2) is 5.32 Å². The molecule has 2 fully saturated rings. The van der Waals surface area contributed by atoms with Gasteiger partial charge in [0.05, 0.1) is 0 Å². The maximum atomic E-state index is 5.36. The van der Waals surface area contributed by atoms with E-state index in [0.29, 0.717) is 0 Å². The lowest BCUT2D eigenvalue weighted by Gasteiger charge is -2.29. The average molecular weight is 197 g/mol. The van der Waals surface area contributed by atoms with Gasteiger partial charge in [-0.05, 0) is 31.7 Å². The van der Waals surface area contributed by atoms with Crippen LogP contribution >= 0.6 is 0 Å². The highest BCUT2D eigenvalue weighted by Crippen LogP contribution is 2.18. The first-order valence-electron chi connectivity index (χ1n) is 5.88. The van der Waals surface area contributed by atoms with Crippen LogP contribution in [-0.4, -0.2) is 50.8 Å². The van der Waals surface area contributed by atoms with Gasteiger partial charge >= 0.3 is 0 Å². The molecule has 2 heterocycles. The lowest BCUT2D eigenvalue weighted by molar-refractivity contribution is 0.0595. The molecular formula is C11H21N2O. The van der Waals surface area contributed by atoms with E-state index in [1.165, 1.54) is 38.9 Å². The standard InChI is InChI=1S/C11H21N2O/c1(11-2-9-14-10-3-11)6-13-7-4-12-5-8-13/h11H,1-10H2. The predicted octanol–water partition coefficient (Wildman–Crippen LogP) is 0.723. The van der Waals surface area contributed by atoms with Crippen molar-refractivity contribution in [3.05, 3.63) is 0 Å². The Hall–Kier alpha value is -0.120. The first-order chi connectivity index (χ1) is 6.95. The largest absolute Gasteiger partial charge is 0.381 e. The normalized spacial score (nSPS) is 26.6. The Morgan fingerprint density at radius 1 is 1.14 bits per heavy atom. The molecule has 14 heavy (non-hydrogen) atoms. The third-order valence-electron chi connectivity index (χ3n) is 3.34. The summed E-state index contributed by atoms with van der Waals surface area (Å²) in [5.74, 6) is 0.919. The number of ether oxygens (including phenoxy) is 1. The van der Waals surface area contributed by atoms with Crippen molar-refractivity contribution >= 4 is 0 Å². The van der Waals surface area contributed by atoms with Crippen LogP contribution in [0, 0.1) is 5.92 Å². The molecule has 0 aromatic rings. The number of rotatable bonds is 3. The summed E-state index contributed by atoms with van der Waals surface area (Å²) < 4.78 is 5.36. The summed E-state index contributed by atoms with van der Waals surface area (Å²) >= 11 is 0. The van der Waals surface area contributed by atoms with Crippen molar-refractivity contribution in [3.8, 4) is 0 Å². The van der Waals surface area contributed by atoms with E-state index in [1.807, 2.05) is 0 Å². The Morgan fingerprint density at radius 2 is 1.86 bits per heavy atom. The topological polar surface area (TPSA) is 26.6 Å². The van der Waals surface area contributed by atoms with Gasteiger partial charge in [-0.3, -0.25) is 0 Å². The molecular weight excluding hydrogens is 176 g/mol. The summed E-state index contributed by atoms with van der Waals surface area (Å²) in [5.41, 5.74) is 0. The molecule has 0 aromatic carbocycles. The second kappa shape index (κ2) is 5.69. The van der Waals surface area contributed by atoms with Gasteiger partial charge in [-0.2, -0.15) is 0 Å². The van der Waals surface area contributed by atoms with Gasteiger partial charge in [-0.15, -0.1) is 0 Å². The summed E-state index contributed by atoms with van der Waals surface area (Å²) in [6.45, 7) is 7.72. The third-order valence-corrected chi connectivity index (χ3v) is 3.34. The van der Waals surface area contributed by atoms with E-state index in [0.717, 1.165) is 32.2 Å². The monoisotopic (exact) mass is 197 g/mol.